The van der Waals surface area contributed by atoms with Gasteiger partial charge in [0.2, 0.25) is 6.41 Å². The first-order chi connectivity index (χ1) is 8.83. The molecule has 1 aromatic carbocycles. The van der Waals surface area contributed by atoms with Gasteiger partial charge in [-0.05, 0) is 31.3 Å². The molecule has 0 bridgehead atoms. The fourth-order valence-electron chi connectivity index (χ4n) is 2.31. The lowest BCUT2D eigenvalue weighted by molar-refractivity contribution is -0.109. The number of Topliss-reactive ketones (excluding diaryl/α,β-unsaturated/α-hetero) is 1. The zero-order valence-electron chi connectivity index (χ0n) is 10.3. The molecule has 1 N–H and O–H groups in total. The lowest BCUT2D eigenvalue weighted by atomic mass is 9.89. The SMILES string of the molecule is O=CN[C@H](C(=O)c1ccccc1)C1=CCCCC1. The van der Waals surface area contributed by atoms with Crippen molar-refractivity contribution < 1.29 is 9.59 Å². The van der Waals surface area contributed by atoms with Gasteiger partial charge in [-0.15, -0.1) is 0 Å². The Kier molecular flexibility index (Phi) is 4.29. The van der Waals surface area contributed by atoms with Crippen molar-refractivity contribution in [3.63, 3.8) is 0 Å². The summed E-state index contributed by atoms with van der Waals surface area (Å²) < 4.78 is 0. The van der Waals surface area contributed by atoms with Crippen molar-refractivity contribution in [2.24, 2.45) is 0 Å². The molecule has 1 atom stereocenters. The molecule has 1 aromatic rings. The summed E-state index contributed by atoms with van der Waals surface area (Å²) in [5.41, 5.74) is 1.69. The molecule has 1 amide bonds. The average Bonchev–Trinajstić information content (AvgIpc) is 2.46. The molecule has 2 rings (SSSR count). The Morgan fingerprint density at radius 1 is 1.22 bits per heavy atom. The Morgan fingerprint density at radius 3 is 2.61 bits per heavy atom. The molecular formula is C15H17NO2. The lowest BCUT2D eigenvalue weighted by Crippen LogP contribution is -2.38. The largest absolute Gasteiger partial charge is 0.345 e. The van der Waals surface area contributed by atoms with Crippen molar-refractivity contribution in [1.29, 1.82) is 0 Å². The van der Waals surface area contributed by atoms with Gasteiger partial charge in [0.25, 0.3) is 0 Å². The summed E-state index contributed by atoms with van der Waals surface area (Å²) in [4.78, 5) is 23.1. The standard InChI is InChI=1S/C15H17NO2/c17-11-16-14(12-7-3-1-4-8-12)15(18)13-9-5-2-6-10-13/h2,5-7,9-11,14H,1,3-4,8H2,(H,16,17)/t14-/m0/s1. The maximum Gasteiger partial charge on any atom is 0.207 e. The van der Waals surface area contributed by atoms with Crippen molar-refractivity contribution in [1.82, 2.24) is 5.32 Å². The van der Waals surface area contributed by atoms with Gasteiger partial charge in [-0.1, -0.05) is 36.4 Å². The smallest absolute Gasteiger partial charge is 0.207 e. The first kappa shape index (κ1) is 12.6. The number of allylic oxidation sites excluding steroid dienone is 1. The first-order valence-corrected chi connectivity index (χ1v) is 6.31. The summed E-state index contributed by atoms with van der Waals surface area (Å²) in [6, 6.07) is 8.61. The van der Waals surface area contributed by atoms with E-state index in [1.54, 1.807) is 12.1 Å². The van der Waals surface area contributed by atoms with Crippen LogP contribution in [0.4, 0.5) is 0 Å². The number of benzene rings is 1. The van der Waals surface area contributed by atoms with Crippen LogP contribution < -0.4 is 5.32 Å². The van der Waals surface area contributed by atoms with Crippen LogP contribution in [0.5, 0.6) is 0 Å². The van der Waals surface area contributed by atoms with Crippen LogP contribution >= 0.6 is 0 Å². The third-order valence-electron chi connectivity index (χ3n) is 3.25. The van der Waals surface area contributed by atoms with E-state index in [0.29, 0.717) is 12.0 Å². The van der Waals surface area contributed by atoms with E-state index in [4.69, 9.17) is 0 Å². The van der Waals surface area contributed by atoms with Crippen LogP contribution in [0.2, 0.25) is 0 Å². The van der Waals surface area contributed by atoms with Gasteiger partial charge in [0.1, 0.15) is 6.04 Å². The minimum atomic E-state index is -0.495. The molecule has 3 heteroatoms. The van der Waals surface area contributed by atoms with E-state index in [-0.39, 0.29) is 5.78 Å². The second-order valence-corrected chi connectivity index (χ2v) is 4.47. The highest BCUT2D eigenvalue weighted by Crippen LogP contribution is 2.22. The molecule has 0 spiro atoms. The van der Waals surface area contributed by atoms with E-state index in [9.17, 15) is 9.59 Å². The second-order valence-electron chi connectivity index (χ2n) is 4.47. The Morgan fingerprint density at radius 2 is 2.00 bits per heavy atom. The van der Waals surface area contributed by atoms with E-state index < -0.39 is 6.04 Å². The van der Waals surface area contributed by atoms with Crippen molar-refractivity contribution in [3.05, 3.63) is 47.5 Å². The molecule has 1 aliphatic carbocycles. The van der Waals surface area contributed by atoms with Crippen molar-refractivity contribution in [2.75, 3.05) is 0 Å². The Labute approximate surface area is 107 Å². The van der Waals surface area contributed by atoms with Crippen molar-refractivity contribution in [2.45, 2.75) is 31.7 Å². The van der Waals surface area contributed by atoms with Crippen LogP contribution in [0.1, 0.15) is 36.0 Å². The monoisotopic (exact) mass is 243 g/mol. The predicted molar refractivity (Wildman–Crippen MR) is 70.3 cm³/mol. The van der Waals surface area contributed by atoms with Gasteiger partial charge >= 0.3 is 0 Å². The Hall–Kier alpha value is -1.90. The average molecular weight is 243 g/mol. The number of carbonyl (C=O) groups is 2. The number of ketones is 1. The van der Waals surface area contributed by atoms with Gasteiger partial charge in [0.15, 0.2) is 5.78 Å². The van der Waals surface area contributed by atoms with E-state index in [2.05, 4.69) is 11.4 Å². The molecule has 0 fully saturated rings. The van der Waals surface area contributed by atoms with E-state index >= 15 is 0 Å². The number of carbonyl (C=O) groups excluding carboxylic acids is 2. The van der Waals surface area contributed by atoms with Gasteiger partial charge in [-0.2, -0.15) is 0 Å². The number of amides is 1. The van der Waals surface area contributed by atoms with Gasteiger partial charge in [0, 0.05) is 5.56 Å². The molecule has 0 aromatic heterocycles. The van der Waals surface area contributed by atoms with Crippen LogP contribution in [-0.2, 0) is 4.79 Å². The van der Waals surface area contributed by atoms with E-state index in [0.717, 1.165) is 31.3 Å². The molecule has 0 aliphatic heterocycles. The second kappa shape index (κ2) is 6.15. The van der Waals surface area contributed by atoms with Crippen LogP contribution in [0.3, 0.4) is 0 Å². The molecule has 0 saturated heterocycles. The van der Waals surface area contributed by atoms with E-state index in [1.807, 2.05) is 18.2 Å². The first-order valence-electron chi connectivity index (χ1n) is 6.31. The van der Waals surface area contributed by atoms with Gasteiger partial charge < -0.3 is 5.32 Å². The minimum Gasteiger partial charge on any atom is -0.345 e. The summed E-state index contributed by atoms with van der Waals surface area (Å²) in [6.07, 6.45) is 6.84. The van der Waals surface area contributed by atoms with E-state index in [1.165, 1.54) is 0 Å². The molecule has 1 aliphatic rings. The third-order valence-corrected chi connectivity index (χ3v) is 3.25. The number of hydrogen-bond acceptors (Lipinski definition) is 2. The van der Waals surface area contributed by atoms with Crippen molar-refractivity contribution in [3.8, 4) is 0 Å². The van der Waals surface area contributed by atoms with Crippen LogP contribution in [0.15, 0.2) is 42.0 Å². The molecule has 0 saturated carbocycles. The number of rotatable bonds is 5. The highest BCUT2D eigenvalue weighted by molar-refractivity contribution is 6.02. The number of hydrogen-bond donors (Lipinski definition) is 1. The lowest BCUT2D eigenvalue weighted by Gasteiger charge is -2.21. The normalized spacial score (nSPS) is 16.6. The Bertz CT molecular complexity index is 451. The van der Waals surface area contributed by atoms with Gasteiger partial charge in [-0.3, -0.25) is 9.59 Å². The maximum absolute atomic E-state index is 12.4. The zero-order chi connectivity index (χ0) is 12.8. The molecule has 0 unspecified atom stereocenters. The maximum atomic E-state index is 12.4. The van der Waals surface area contributed by atoms with Gasteiger partial charge in [-0.25, -0.2) is 0 Å². The third kappa shape index (κ3) is 2.86. The molecule has 3 nitrogen and oxygen atoms in total. The zero-order valence-corrected chi connectivity index (χ0v) is 10.3. The highest BCUT2D eigenvalue weighted by Gasteiger charge is 2.23. The van der Waals surface area contributed by atoms with Crippen LogP contribution in [-0.4, -0.2) is 18.2 Å². The molecule has 94 valence electrons. The highest BCUT2D eigenvalue weighted by atomic mass is 16.1. The summed E-state index contributed by atoms with van der Waals surface area (Å²) in [5.74, 6) is -0.0316. The molecule has 0 heterocycles. The summed E-state index contributed by atoms with van der Waals surface area (Å²) in [5, 5.41) is 2.65. The van der Waals surface area contributed by atoms with Crippen LogP contribution in [0, 0.1) is 0 Å². The fraction of sp³-hybridized carbons (Fsp3) is 0.333. The summed E-state index contributed by atoms with van der Waals surface area (Å²) >= 11 is 0. The molecule has 18 heavy (non-hydrogen) atoms. The van der Waals surface area contributed by atoms with Crippen molar-refractivity contribution >= 4 is 12.2 Å². The topological polar surface area (TPSA) is 46.2 Å². The van der Waals surface area contributed by atoms with Crippen LogP contribution in [0.25, 0.3) is 0 Å². The summed E-state index contributed by atoms with van der Waals surface area (Å²) in [7, 11) is 0. The molecular weight excluding hydrogens is 226 g/mol. The fourth-order valence-corrected chi connectivity index (χ4v) is 2.31. The van der Waals surface area contributed by atoms with Gasteiger partial charge in [0.05, 0.1) is 0 Å². The quantitative estimate of drug-likeness (QED) is 0.490. The predicted octanol–water partition coefficient (Wildman–Crippen LogP) is 2.48. The number of nitrogens with one attached hydrogen (secondary N) is 1. The minimum absolute atomic E-state index is 0.0316. The molecule has 0 radical (unpaired) electrons. The Balaban J connectivity index is 2.22. The summed E-state index contributed by atoms with van der Waals surface area (Å²) in [6.45, 7) is 0.